The summed E-state index contributed by atoms with van der Waals surface area (Å²) < 4.78 is 0. The van der Waals surface area contributed by atoms with Crippen LogP contribution in [0.25, 0.3) is 0 Å². The fraction of sp³-hybridized carbons (Fsp3) is 0.923. The van der Waals surface area contributed by atoms with Gasteiger partial charge in [-0.25, -0.2) is 0 Å². The van der Waals surface area contributed by atoms with Crippen LogP contribution in [-0.4, -0.2) is 53.6 Å². The molecule has 1 heterocycles. The smallest absolute Gasteiger partial charge is 0.244 e. The lowest BCUT2D eigenvalue weighted by Gasteiger charge is -2.27. The third-order valence-electron chi connectivity index (χ3n) is 4.20. The Labute approximate surface area is 104 Å². The van der Waals surface area contributed by atoms with Crippen LogP contribution in [0.3, 0.4) is 0 Å². The summed E-state index contributed by atoms with van der Waals surface area (Å²) in [6.45, 7) is 8.32. The summed E-state index contributed by atoms with van der Waals surface area (Å²) >= 11 is 0. The monoisotopic (exact) mass is 239 g/mol. The summed E-state index contributed by atoms with van der Waals surface area (Å²) in [5, 5.41) is 3.50. The molecular formula is C13H25N3O. The molecule has 2 fully saturated rings. The van der Waals surface area contributed by atoms with E-state index in [1.54, 1.807) is 0 Å². The van der Waals surface area contributed by atoms with E-state index >= 15 is 0 Å². The van der Waals surface area contributed by atoms with Gasteiger partial charge in [-0.05, 0) is 40.2 Å². The van der Waals surface area contributed by atoms with Crippen molar-refractivity contribution >= 4 is 5.91 Å². The van der Waals surface area contributed by atoms with Crippen molar-refractivity contribution in [3.8, 4) is 0 Å². The zero-order chi connectivity index (χ0) is 12.6. The third kappa shape index (κ3) is 2.33. The second-order valence-electron chi connectivity index (χ2n) is 5.72. The van der Waals surface area contributed by atoms with Gasteiger partial charge >= 0.3 is 0 Å². The number of nitrogens with one attached hydrogen (secondary N) is 1. The molecule has 17 heavy (non-hydrogen) atoms. The van der Waals surface area contributed by atoms with Crippen LogP contribution in [0.15, 0.2) is 0 Å². The first-order chi connectivity index (χ1) is 8.00. The summed E-state index contributed by atoms with van der Waals surface area (Å²) in [5.41, 5.74) is -0.156. The second-order valence-corrected chi connectivity index (χ2v) is 5.72. The molecular weight excluding hydrogens is 214 g/mol. The maximum Gasteiger partial charge on any atom is 0.244 e. The average Bonchev–Trinajstić information content (AvgIpc) is 3.01. The standard InChI is InChI=1S/C13H25N3O/c1-5-11-14-13(6-7-13)12(17)16(11)9-8-15(4)10(2)3/h10-11,14H,5-9H2,1-4H3. The van der Waals surface area contributed by atoms with Crippen molar-refractivity contribution in [1.82, 2.24) is 15.1 Å². The van der Waals surface area contributed by atoms with Crippen LogP contribution in [0.5, 0.6) is 0 Å². The van der Waals surface area contributed by atoms with Crippen LogP contribution in [-0.2, 0) is 4.79 Å². The summed E-state index contributed by atoms with van der Waals surface area (Å²) in [6, 6.07) is 0.538. The molecule has 4 heteroatoms. The Morgan fingerprint density at radius 1 is 1.53 bits per heavy atom. The fourth-order valence-electron chi connectivity index (χ4n) is 2.46. The van der Waals surface area contributed by atoms with Crippen LogP contribution in [0.1, 0.15) is 40.0 Å². The van der Waals surface area contributed by atoms with Gasteiger partial charge in [0.1, 0.15) is 0 Å². The van der Waals surface area contributed by atoms with Gasteiger partial charge in [-0.3, -0.25) is 10.1 Å². The van der Waals surface area contributed by atoms with Gasteiger partial charge in [0.05, 0.1) is 11.7 Å². The molecule has 1 unspecified atom stereocenters. The molecule has 0 aromatic heterocycles. The van der Waals surface area contributed by atoms with Gasteiger partial charge in [0, 0.05) is 19.1 Å². The molecule has 0 aromatic rings. The summed E-state index contributed by atoms with van der Waals surface area (Å²) in [6.07, 6.45) is 3.31. The van der Waals surface area contributed by atoms with Gasteiger partial charge in [-0.2, -0.15) is 0 Å². The average molecular weight is 239 g/mol. The maximum atomic E-state index is 12.3. The summed E-state index contributed by atoms with van der Waals surface area (Å²) in [7, 11) is 2.12. The first-order valence-corrected chi connectivity index (χ1v) is 6.79. The molecule has 1 saturated carbocycles. The van der Waals surface area contributed by atoms with E-state index in [1.165, 1.54) is 0 Å². The number of carbonyl (C=O) groups is 1. The molecule has 1 aliphatic carbocycles. The minimum absolute atomic E-state index is 0.156. The van der Waals surface area contributed by atoms with Crippen molar-refractivity contribution in [1.29, 1.82) is 0 Å². The highest BCUT2D eigenvalue weighted by atomic mass is 16.2. The minimum Gasteiger partial charge on any atom is -0.324 e. The third-order valence-corrected chi connectivity index (χ3v) is 4.20. The Morgan fingerprint density at radius 3 is 2.65 bits per heavy atom. The largest absolute Gasteiger partial charge is 0.324 e. The van der Waals surface area contributed by atoms with E-state index in [9.17, 15) is 4.79 Å². The van der Waals surface area contributed by atoms with E-state index in [2.05, 4.69) is 38.0 Å². The lowest BCUT2D eigenvalue weighted by atomic mass is 10.2. The molecule has 1 amide bonds. The normalized spacial score (nSPS) is 26.6. The SMILES string of the molecule is CCC1NC2(CC2)C(=O)N1CCN(C)C(C)C. The van der Waals surface area contributed by atoms with Crippen LogP contribution >= 0.6 is 0 Å². The molecule has 1 saturated heterocycles. The van der Waals surface area contributed by atoms with E-state index < -0.39 is 0 Å². The van der Waals surface area contributed by atoms with Crippen LogP contribution in [0.4, 0.5) is 0 Å². The van der Waals surface area contributed by atoms with Gasteiger partial charge in [-0.15, -0.1) is 0 Å². The van der Waals surface area contributed by atoms with Gasteiger partial charge < -0.3 is 9.80 Å². The topological polar surface area (TPSA) is 35.6 Å². The number of rotatable bonds is 5. The van der Waals surface area contributed by atoms with Crippen LogP contribution < -0.4 is 5.32 Å². The lowest BCUT2D eigenvalue weighted by molar-refractivity contribution is -0.131. The fourth-order valence-corrected chi connectivity index (χ4v) is 2.46. The predicted molar refractivity (Wildman–Crippen MR) is 68.7 cm³/mol. The molecule has 2 aliphatic rings. The highest BCUT2D eigenvalue weighted by Crippen LogP contribution is 2.42. The first kappa shape index (κ1) is 12.8. The number of carbonyl (C=O) groups excluding carboxylic acids is 1. The van der Waals surface area contributed by atoms with Crippen molar-refractivity contribution in [3.63, 3.8) is 0 Å². The number of nitrogens with zero attached hydrogens (tertiary/aromatic N) is 2. The van der Waals surface area contributed by atoms with E-state index in [4.69, 9.17) is 0 Å². The Kier molecular flexibility index (Phi) is 3.46. The molecule has 4 nitrogen and oxygen atoms in total. The minimum atomic E-state index is -0.156. The lowest BCUT2D eigenvalue weighted by Crippen LogP contribution is -2.42. The Bertz CT molecular complexity index is 299. The Hall–Kier alpha value is -0.610. The second kappa shape index (κ2) is 4.58. The molecule has 1 atom stereocenters. The quantitative estimate of drug-likeness (QED) is 0.778. The Morgan fingerprint density at radius 2 is 2.18 bits per heavy atom. The molecule has 1 aliphatic heterocycles. The van der Waals surface area contributed by atoms with Crippen molar-refractivity contribution in [2.75, 3.05) is 20.1 Å². The zero-order valence-corrected chi connectivity index (χ0v) is 11.5. The Balaban J connectivity index is 1.92. The molecule has 0 radical (unpaired) electrons. The van der Waals surface area contributed by atoms with E-state index in [1.807, 2.05) is 4.90 Å². The van der Waals surface area contributed by atoms with Crippen molar-refractivity contribution in [3.05, 3.63) is 0 Å². The maximum absolute atomic E-state index is 12.3. The van der Waals surface area contributed by atoms with Gasteiger partial charge in [0.15, 0.2) is 0 Å². The molecule has 1 N–H and O–H groups in total. The molecule has 1 spiro atoms. The first-order valence-electron chi connectivity index (χ1n) is 6.79. The highest BCUT2D eigenvalue weighted by molar-refractivity contribution is 5.91. The molecule has 0 bridgehead atoms. The van der Waals surface area contributed by atoms with Gasteiger partial charge in [0.2, 0.25) is 5.91 Å². The number of likely N-dealkylation sites (N-methyl/N-ethyl adjacent to an activating group) is 1. The van der Waals surface area contributed by atoms with Gasteiger partial charge in [-0.1, -0.05) is 6.92 Å². The van der Waals surface area contributed by atoms with Crippen LogP contribution in [0, 0.1) is 0 Å². The van der Waals surface area contributed by atoms with E-state index in [0.29, 0.717) is 11.9 Å². The highest BCUT2D eigenvalue weighted by Gasteiger charge is 2.58. The molecule has 98 valence electrons. The van der Waals surface area contributed by atoms with Crippen molar-refractivity contribution in [2.45, 2.75) is 57.8 Å². The van der Waals surface area contributed by atoms with Crippen molar-refractivity contribution in [2.24, 2.45) is 0 Å². The van der Waals surface area contributed by atoms with Crippen molar-refractivity contribution < 1.29 is 4.79 Å². The molecule has 2 rings (SSSR count). The number of hydrogen-bond acceptors (Lipinski definition) is 3. The zero-order valence-electron chi connectivity index (χ0n) is 11.5. The van der Waals surface area contributed by atoms with E-state index in [0.717, 1.165) is 32.4 Å². The van der Waals surface area contributed by atoms with E-state index in [-0.39, 0.29) is 11.7 Å². The summed E-state index contributed by atoms with van der Waals surface area (Å²) in [5.74, 6) is 0.335. The summed E-state index contributed by atoms with van der Waals surface area (Å²) in [4.78, 5) is 16.6. The molecule has 0 aromatic carbocycles. The van der Waals surface area contributed by atoms with Gasteiger partial charge in [0.25, 0.3) is 0 Å². The number of amides is 1. The van der Waals surface area contributed by atoms with Crippen LogP contribution in [0.2, 0.25) is 0 Å². The predicted octanol–water partition coefficient (Wildman–Crippen LogP) is 1.03. The number of hydrogen-bond donors (Lipinski definition) is 1.